The molecule has 0 fully saturated rings. The molecule has 0 radical (unpaired) electrons. The molecular formula is C23H18N2O2S. The number of hydrogen-bond donors (Lipinski definition) is 1. The predicted molar refractivity (Wildman–Crippen MR) is 116 cm³/mol. The Balaban J connectivity index is 1.65. The minimum atomic E-state index is -0.198. The smallest absolute Gasteiger partial charge is 0.248 e. The van der Waals surface area contributed by atoms with Gasteiger partial charge in [0.2, 0.25) is 5.91 Å². The van der Waals surface area contributed by atoms with E-state index in [0.717, 1.165) is 26.4 Å². The minimum absolute atomic E-state index is 0.198. The SMILES string of the molecule is COc1ccc(NC(=O)/C=C/c2ccccc2)c(-c2nc3ccccc3s2)c1. The number of para-hydroxylation sites is 1. The van der Waals surface area contributed by atoms with Crippen LogP contribution in [0.5, 0.6) is 5.75 Å². The van der Waals surface area contributed by atoms with Gasteiger partial charge < -0.3 is 10.1 Å². The highest BCUT2D eigenvalue weighted by atomic mass is 32.1. The Morgan fingerprint density at radius 3 is 2.61 bits per heavy atom. The number of nitrogens with one attached hydrogen (secondary N) is 1. The van der Waals surface area contributed by atoms with E-state index in [2.05, 4.69) is 5.32 Å². The molecule has 1 amide bonds. The van der Waals surface area contributed by atoms with Crippen LogP contribution in [0.4, 0.5) is 5.69 Å². The van der Waals surface area contributed by atoms with Crippen LogP contribution < -0.4 is 10.1 Å². The molecule has 28 heavy (non-hydrogen) atoms. The van der Waals surface area contributed by atoms with E-state index >= 15 is 0 Å². The van der Waals surface area contributed by atoms with Crippen molar-refractivity contribution in [3.05, 3.63) is 84.4 Å². The van der Waals surface area contributed by atoms with Gasteiger partial charge >= 0.3 is 0 Å². The third kappa shape index (κ3) is 3.94. The van der Waals surface area contributed by atoms with Crippen LogP contribution in [0, 0.1) is 0 Å². The molecule has 0 aliphatic heterocycles. The van der Waals surface area contributed by atoms with Crippen LogP contribution >= 0.6 is 11.3 Å². The highest BCUT2D eigenvalue weighted by molar-refractivity contribution is 7.21. The fourth-order valence-electron chi connectivity index (χ4n) is 2.83. The van der Waals surface area contributed by atoms with Gasteiger partial charge in [-0.25, -0.2) is 4.98 Å². The summed E-state index contributed by atoms with van der Waals surface area (Å²) in [5, 5.41) is 3.80. The van der Waals surface area contributed by atoms with Crippen molar-refractivity contribution in [2.24, 2.45) is 0 Å². The third-order valence-corrected chi connectivity index (χ3v) is 5.31. The first kappa shape index (κ1) is 17.9. The summed E-state index contributed by atoms with van der Waals surface area (Å²) < 4.78 is 6.46. The van der Waals surface area contributed by atoms with Crippen LogP contribution in [-0.2, 0) is 4.79 Å². The Hall–Kier alpha value is -3.44. The monoisotopic (exact) mass is 386 g/mol. The van der Waals surface area contributed by atoms with Crippen LogP contribution in [0.1, 0.15) is 5.56 Å². The van der Waals surface area contributed by atoms with Crippen molar-refractivity contribution in [2.45, 2.75) is 0 Å². The molecule has 0 spiro atoms. The van der Waals surface area contributed by atoms with Gasteiger partial charge in [-0.2, -0.15) is 0 Å². The molecule has 0 aliphatic rings. The number of thiazole rings is 1. The van der Waals surface area contributed by atoms with Crippen LogP contribution in [0.3, 0.4) is 0 Å². The van der Waals surface area contributed by atoms with Crippen molar-refractivity contribution in [3.63, 3.8) is 0 Å². The first-order chi connectivity index (χ1) is 13.7. The number of rotatable bonds is 5. The van der Waals surface area contributed by atoms with Crippen molar-refractivity contribution < 1.29 is 9.53 Å². The zero-order valence-corrected chi connectivity index (χ0v) is 16.1. The van der Waals surface area contributed by atoms with Gasteiger partial charge in [-0.3, -0.25) is 4.79 Å². The highest BCUT2D eigenvalue weighted by Crippen LogP contribution is 2.36. The molecular weight excluding hydrogens is 368 g/mol. The molecule has 0 unspecified atom stereocenters. The van der Waals surface area contributed by atoms with Crippen molar-refractivity contribution in [1.29, 1.82) is 0 Å². The first-order valence-electron chi connectivity index (χ1n) is 8.81. The maximum Gasteiger partial charge on any atom is 0.248 e. The summed E-state index contributed by atoms with van der Waals surface area (Å²) in [6.45, 7) is 0. The van der Waals surface area contributed by atoms with Gasteiger partial charge in [0.05, 0.1) is 23.0 Å². The topological polar surface area (TPSA) is 51.2 Å². The highest BCUT2D eigenvalue weighted by Gasteiger charge is 2.13. The number of aromatic nitrogens is 1. The molecule has 4 aromatic rings. The first-order valence-corrected chi connectivity index (χ1v) is 9.63. The number of carbonyl (C=O) groups excluding carboxylic acids is 1. The summed E-state index contributed by atoms with van der Waals surface area (Å²) >= 11 is 1.59. The Labute approximate surface area is 167 Å². The minimum Gasteiger partial charge on any atom is -0.497 e. The number of carbonyl (C=O) groups is 1. The second-order valence-electron chi connectivity index (χ2n) is 6.13. The van der Waals surface area contributed by atoms with E-state index < -0.39 is 0 Å². The van der Waals surface area contributed by atoms with Crippen molar-refractivity contribution >= 4 is 39.2 Å². The molecule has 0 atom stereocenters. The van der Waals surface area contributed by atoms with Crippen LogP contribution in [0.25, 0.3) is 26.9 Å². The number of ether oxygens (including phenoxy) is 1. The van der Waals surface area contributed by atoms with Gasteiger partial charge in [0.1, 0.15) is 10.8 Å². The third-order valence-electron chi connectivity index (χ3n) is 4.24. The second-order valence-corrected chi connectivity index (χ2v) is 7.16. The van der Waals surface area contributed by atoms with E-state index in [9.17, 15) is 4.79 Å². The van der Waals surface area contributed by atoms with Gasteiger partial charge in [0, 0.05) is 11.6 Å². The molecule has 1 heterocycles. The van der Waals surface area contributed by atoms with Crippen molar-refractivity contribution in [2.75, 3.05) is 12.4 Å². The maximum absolute atomic E-state index is 12.4. The van der Waals surface area contributed by atoms with E-state index in [1.165, 1.54) is 6.08 Å². The van der Waals surface area contributed by atoms with Crippen LogP contribution in [0.15, 0.2) is 78.9 Å². The largest absolute Gasteiger partial charge is 0.497 e. The number of amides is 1. The number of methoxy groups -OCH3 is 1. The van der Waals surface area contributed by atoms with E-state index in [1.807, 2.05) is 72.8 Å². The molecule has 1 N–H and O–H groups in total. The Morgan fingerprint density at radius 2 is 1.82 bits per heavy atom. The quantitative estimate of drug-likeness (QED) is 0.453. The number of anilines is 1. The lowest BCUT2D eigenvalue weighted by Gasteiger charge is -2.10. The number of fused-ring (bicyclic) bond motifs is 1. The molecule has 0 saturated carbocycles. The summed E-state index contributed by atoms with van der Waals surface area (Å²) in [6.07, 6.45) is 3.32. The van der Waals surface area contributed by atoms with Crippen molar-refractivity contribution in [1.82, 2.24) is 4.98 Å². The van der Waals surface area contributed by atoms with E-state index in [1.54, 1.807) is 24.5 Å². The van der Waals surface area contributed by atoms with Gasteiger partial charge in [0.25, 0.3) is 0 Å². The van der Waals surface area contributed by atoms with Gasteiger partial charge in [-0.1, -0.05) is 42.5 Å². The Bertz CT molecular complexity index is 1120. The average molecular weight is 386 g/mol. The predicted octanol–water partition coefficient (Wildman–Crippen LogP) is 5.62. The maximum atomic E-state index is 12.4. The molecule has 4 nitrogen and oxygen atoms in total. The molecule has 0 bridgehead atoms. The van der Waals surface area contributed by atoms with Crippen molar-refractivity contribution in [3.8, 4) is 16.3 Å². The number of nitrogens with zero attached hydrogens (tertiary/aromatic N) is 1. The molecule has 5 heteroatoms. The number of benzene rings is 3. The summed E-state index contributed by atoms with van der Waals surface area (Å²) in [7, 11) is 1.62. The summed E-state index contributed by atoms with van der Waals surface area (Å²) in [4.78, 5) is 17.2. The number of hydrogen-bond acceptors (Lipinski definition) is 4. The summed E-state index contributed by atoms with van der Waals surface area (Å²) in [5.41, 5.74) is 3.44. The summed E-state index contributed by atoms with van der Waals surface area (Å²) in [5.74, 6) is 0.517. The molecule has 4 rings (SSSR count). The lowest BCUT2D eigenvalue weighted by Crippen LogP contribution is -2.08. The molecule has 0 saturated heterocycles. The zero-order chi connectivity index (χ0) is 19.3. The fraction of sp³-hybridized carbons (Fsp3) is 0.0435. The molecule has 1 aromatic heterocycles. The Morgan fingerprint density at radius 1 is 1.04 bits per heavy atom. The second kappa shape index (κ2) is 8.06. The molecule has 0 aliphatic carbocycles. The van der Waals surface area contributed by atoms with E-state index in [0.29, 0.717) is 11.4 Å². The standard InChI is InChI=1S/C23H18N2O2S/c1-27-17-12-13-19(24-22(26)14-11-16-7-3-2-4-8-16)18(15-17)23-25-20-9-5-6-10-21(20)28-23/h2-15H,1H3,(H,24,26)/b14-11+. The molecule has 138 valence electrons. The van der Waals surface area contributed by atoms with Crippen LogP contribution in [-0.4, -0.2) is 18.0 Å². The van der Waals surface area contributed by atoms with E-state index in [-0.39, 0.29) is 5.91 Å². The fourth-order valence-corrected chi connectivity index (χ4v) is 3.83. The normalized spacial score (nSPS) is 11.0. The zero-order valence-electron chi connectivity index (χ0n) is 15.3. The summed E-state index contributed by atoms with van der Waals surface area (Å²) in [6, 6.07) is 23.3. The average Bonchev–Trinajstić information content (AvgIpc) is 3.17. The lowest BCUT2D eigenvalue weighted by molar-refractivity contribution is -0.111. The van der Waals surface area contributed by atoms with Gasteiger partial charge in [0.15, 0.2) is 0 Å². The van der Waals surface area contributed by atoms with E-state index in [4.69, 9.17) is 9.72 Å². The Kier molecular flexibility index (Phi) is 5.17. The van der Waals surface area contributed by atoms with Crippen LogP contribution in [0.2, 0.25) is 0 Å². The van der Waals surface area contributed by atoms with Gasteiger partial charge in [-0.05, 0) is 42.0 Å². The molecule has 3 aromatic carbocycles. The van der Waals surface area contributed by atoms with Gasteiger partial charge in [-0.15, -0.1) is 11.3 Å². The lowest BCUT2D eigenvalue weighted by atomic mass is 10.1.